The molecule has 1 aliphatic heterocycles. The summed E-state index contributed by atoms with van der Waals surface area (Å²) in [4.78, 5) is 17.0. The van der Waals surface area contributed by atoms with Gasteiger partial charge in [-0.1, -0.05) is 44.2 Å². The molecule has 3 atom stereocenters. The number of likely N-dealkylation sites (N-methyl/N-ethyl adjacent to an activating group) is 1. The van der Waals surface area contributed by atoms with Crippen LogP contribution in [0.4, 0.5) is 0 Å². The van der Waals surface area contributed by atoms with Crippen molar-refractivity contribution in [1.82, 2.24) is 9.80 Å². The van der Waals surface area contributed by atoms with Gasteiger partial charge in [0.25, 0.3) is 0 Å². The van der Waals surface area contributed by atoms with Gasteiger partial charge in [-0.05, 0) is 38.0 Å². The van der Waals surface area contributed by atoms with Crippen LogP contribution in [0.3, 0.4) is 0 Å². The number of carbonyl (C=O) groups excluding carboxylic acids is 1. The summed E-state index contributed by atoms with van der Waals surface area (Å²) in [6.45, 7) is 6.38. The van der Waals surface area contributed by atoms with Crippen LogP contribution in [-0.2, 0) is 4.79 Å². The molecule has 0 aromatic heterocycles. The molecule has 0 bridgehead atoms. The highest BCUT2D eigenvalue weighted by molar-refractivity contribution is 5.82. The van der Waals surface area contributed by atoms with Crippen molar-refractivity contribution in [3.8, 4) is 0 Å². The highest BCUT2D eigenvalue weighted by Gasteiger charge is 2.38. The van der Waals surface area contributed by atoms with Crippen molar-refractivity contribution in [2.24, 2.45) is 17.6 Å². The highest BCUT2D eigenvalue weighted by atomic mass is 16.2. The van der Waals surface area contributed by atoms with Gasteiger partial charge in [-0.15, -0.1) is 0 Å². The Kier molecular flexibility index (Phi) is 5.59. The molecule has 1 fully saturated rings. The first kappa shape index (κ1) is 17.0. The molecule has 122 valence electrons. The number of nitrogens with two attached hydrogens (primary N) is 1. The SMILES string of the molecule is CC(C)C(C(=O)N1C[C@@H](CN)[C@H](c2ccccc2)C1)N(C)C. The third-order valence-corrected chi connectivity index (χ3v) is 4.72. The maximum absolute atomic E-state index is 12.9. The Morgan fingerprint density at radius 2 is 1.91 bits per heavy atom. The lowest BCUT2D eigenvalue weighted by molar-refractivity contribution is -0.136. The van der Waals surface area contributed by atoms with Gasteiger partial charge in [-0.25, -0.2) is 0 Å². The Labute approximate surface area is 134 Å². The molecule has 2 N–H and O–H groups in total. The van der Waals surface area contributed by atoms with E-state index in [2.05, 4.69) is 38.1 Å². The van der Waals surface area contributed by atoms with Crippen LogP contribution >= 0.6 is 0 Å². The average Bonchev–Trinajstić information content (AvgIpc) is 2.91. The second-order valence-electron chi connectivity index (χ2n) is 6.91. The van der Waals surface area contributed by atoms with Crippen LogP contribution in [0.2, 0.25) is 0 Å². The van der Waals surface area contributed by atoms with E-state index in [1.807, 2.05) is 30.0 Å². The number of nitrogens with zero attached hydrogens (tertiary/aromatic N) is 2. The van der Waals surface area contributed by atoms with Crippen LogP contribution < -0.4 is 5.73 Å². The van der Waals surface area contributed by atoms with Crippen LogP contribution in [0.5, 0.6) is 0 Å². The van der Waals surface area contributed by atoms with Gasteiger partial charge >= 0.3 is 0 Å². The van der Waals surface area contributed by atoms with E-state index in [4.69, 9.17) is 5.73 Å². The maximum Gasteiger partial charge on any atom is 0.240 e. The summed E-state index contributed by atoms with van der Waals surface area (Å²) in [7, 11) is 3.96. The Morgan fingerprint density at radius 3 is 2.41 bits per heavy atom. The van der Waals surface area contributed by atoms with E-state index < -0.39 is 0 Å². The van der Waals surface area contributed by atoms with Crippen LogP contribution in [-0.4, -0.2) is 55.5 Å². The van der Waals surface area contributed by atoms with Crippen molar-refractivity contribution in [1.29, 1.82) is 0 Å². The topological polar surface area (TPSA) is 49.6 Å². The minimum atomic E-state index is -0.0621. The summed E-state index contributed by atoms with van der Waals surface area (Å²) in [5.41, 5.74) is 7.26. The summed E-state index contributed by atoms with van der Waals surface area (Å²) < 4.78 is 0. The van der Waals surface area contributed by atoms with Gasteiger partial charge in [0.1, 0.15) is 0 Å². The van der Waals surface area contributed by atoms with Crippen LogP contribution in [0.1, 0.15) is 25.3 Å². The van der Waals surface area contributed by atoms with E-state index in [1.165, 1.54) is 5.56 Å². The molecule has 2 rings (SSSR count). The fraction of sp³-hybridized carbons (Fsp3) is 0.611. The van der Waals surface area contributed by atoms with E-state index in [1.54, 1.807) is 0 Å². The van der Waals surface area contributed by atoms with Crippen LogP contribution in [0.15, 0.2) is 30.3 Å². The molecular weight excluding hydrogens is 274 g/mol. The molecule has 1 aliphatic rings. The fourth-order valence-electron chi connectivity index (χ4n) is 3.66. The second-order valence-corrected chi connectivity index (χ2v) is 6.91. The van der Waals surface area contributed by atoms with Crippen molar-refractivity contribution in [3.05, 3.63) is 35.9 Å². The van der Waals surface area contributed by atoms with Crippen LogP contribution in [0, 0.1) is 11.8 Å². The van der Waals surface area contributed by atoms with Gasteiger partial charge in [0.05, 0.1) is 6.04 Å². The number of amides is 1. The third-order valence-electron chi connectivity index (χ3n) is 4.72. The standard InChI is InChI=1S/C18H29N3O/c1-13(2)17(20(3)4)18(22)21-11-15(10-19)16(12-21)14-8-6-5-7-9-14/h5-9,13,15-17H,10-12,19H2,1-4H3/t15-,16+,17?/m1/s1. The Hall–Kier alpha value is -1.39. The molecule has 1 unspecified atom stereocenters. The first-order valence-electron chi connectivity index (χ1n) is 8.16. The molecule has 1 saturated heterocycles. The first-order chi connectivity index (χ1) is 10.5. The van der Waals surface area contributed by atoms with Crippen LogP contribution in [0.25, 0.3) is 0 Å². The molecule has 0 spiro atoms. The van der Waals surface area contributed by atoms with Gasteiger partial charge in [-0.2, -0.15) is 0 Å². The predicted molar refractivity (Wildman–Crippen MR) is 90.6 cm³/mol. The fourth-order valence-corrected chi connectivity index (χ4v) is 3.66. The monoisotopic (exact) mass is 303 g/mol. The Balaban J connectivity index is 2.16. The minimum absolute atomic E-state index is 0.0621. The summed E-state index contributed by atoms with van der Waals surface area (Å²) in [6.07, 6.45) is 0. The summed E-state index contributed by atoms with van der Waals surface area (Å²) in [5, 5.41) is 0. The smallest absolute Gasteiger partial charge is 0.240 e. The lowest BCUT2D eigenvalue weighted by Gasteiger charge is -2.31. The zero-order chi connectivity index (χ0) is 16.3. The molecule has 4 heteroatoms. The molecule has 0 radical (unpaired) electrons. The summed E-state index contributed by atoms with van der Waals surface area (Å²) in [5.74, 6) is 1.23. The largest absolute Gasteiger partial charge is 0.340 e. The zero-order valence-corrected chi connectivity index (χ0v) is 14.2. The Morgan fingerprint density at radius 1 is 1.27 bits per heavy atom. The molecule has 4 nitrogen and oxygen atoms in total. The van der Waals surface area contributed by atoms with Crippen molar-refractivity contribution >= 4 is 5.91 Å². The molecule has 1 aromatic carbocycles. The second kappa shape index (κ2) is 7.25. The summed E-state index contributed by atoms with van der Waals surface area (Å²) in [6, 6.07) is 10.4. The Bertz CT molecular complexity index is 478. The highest BCUT2D eigenvalue weighted by Crippen LogP contribution is 2.32. The van der Waals surface area contributed by atoms with Gasteiger partial charge in [0.15, 0.2) is 0 Å². The third kappa shape index (κ3) is 3.50. The average molecular weight is 303 g/mol. The molecule has 0 aliphatic carbocycles. The van der Waals surface area contributed by atoms with Gasteiger partial charge in [0, 0.05) is 19.0 Å². The minimum Gasteiger partial charge on any atom is -0.340 e. The lowest BCUT2D eigenvalue weighted by atomic mass is 9.89. The molecular formula is C18H29N3O. The zero-order valence-electron chi connectivity index (χ0n) is 14.2. The van der Waals surface area contributed by atoms with Gasteiger partial charge in [-0.3, -0.25) is 9.69 Å². The lowest BCUT2D eigenvalue weighted by Crippen LogP contribution is -2.48. The van der Waals surface area contributed by atoms with E-state index in [0.717, 1.165) is 13.1 Å². The number of likely N-dealkylation sites (tertiary alicyclic amines) is 1. The first-order valence-corrected chi connectivity index (χ1v) is 8.16. The molecule has 1 aromatic rings. The summed E-state index contributed by atoms with van der Waals surface area (Å²) >= 11 is 0. The van der Waals surface area contributed by atoms with E-state index in [-0.39, 0.29) is 11.9 Å². The molecule has 1 heterocycles. The predicted octanol–water partition coefficient (Wildman–Crippen LogP) is 1.77. The molecule has 22 heavy (non-hydrogen) atoms. The number of hydrogen-bond acceptors (Lipinski definition) is 3. The maximum atomic E-state index is 12.9. The number of carbonyl (C=O) groups is 1. The quantitative estimate of drug-likeness (QED) is 0.902. The van der Waals surface area contributed by atoms with Gasteiger partial charge in [0.2, 0.25) is 5.91 Å². The van der Waals surface area contributed by atoms with Crippen molar-refractivity contribution in [3.63, 3.8) is 0 Å². The van der Waals surface area contributed by atoms with Crippen molar-refractivity contribution < 1.29 is 4.79 Å². The number of rotatable bonds is 5. The van der Waals surface area contributed by atoms with E-state index in [9.17, 15) is 4.79 Å². The number of benzene rings is 1. The normalized spacial score (nSPS) is 23.3. The molecule has 0 saturated carbocycles. The molecule has 1 amide bonds. The van der Waals surface area contributed by atoms with Crippen molar-refractivity contribution in [2.75, 3.05) is 33.7 Å². The van der Waals surface area contributed by atoms with Gasteiger partial charge < -0.3 is 10.6 Å². The van der Waals surface area contributed by atoms with E-state index in [0.29, 0.717) is 24.3 Å². The number of hydrogen-bond donors (Lipinski definition) is 1. The van der Waals surface area contributed by atoms with E-state index >= 15 is 0 Å². The van der Waals surface area contributed by atoms with Crippen molar-refractivity contribution in [2.45, 2.75) is 25.8 Å².